The molecule has 0 aliphatic heterocycles. The lowest BCUT2D eigenvalue weighted by molar-refractivity contribution is 0.0972. The van der Waals surface area contributed by atoms with Crippen LogP contribution in [0.1, 0.15) is 34.3 Å². The summed E-state index contributed by atoms with van der Waals surface area (Å²) >= 11 is 0. The lowest BCUT2D eigenvalue weighted by Crippen LogP contribution is -2.11. The number of nitrogen functional groups attached to an aromatic ring is 1. The van der Waals surface area contributed by atoms with E-state index in [1.54, 1.807) is 0 Å². The van der Waals surface area contributed by atoms with Crippen LogP contribution in [0.4, 0.5) is 5.69 Å². The standard InChI is InChI=1S/C11H13NO/c1-7-5-9-8(6-10(7)12)3-2-4-11(9)13/h5-6H,2-4,12H2,1H3. The number of ketones is 1. The van der Waals surface area contributed by atoms with E-state index in [0.717, 1.165) is 35.2 Å². The molecule has 2 nitrogen and oxygen atoms in total. The number of nitrogens with two attached hydrogens (primary N) is 1. The number of anilines is 1. The van der Waals surface area contributed by atoms with E-state index in [1.165, 1.54) is 0 Å². The van der Waals surface area contributed by atoms with Crippen LogP contribution in [0, 0.1) is 6.92 Å². The summed E-state index contributed by atoms with van der Waals surface area (Å²) < 4.78 is 0. The minimum Gasteiger partial charge on any atom is -0.399 e. The Morgan fingerprint density at radius 3 is 2.85 bits per heavy atom. The van der Waals surface area contributed by atoms with Gasteiger partial charge in [0.15, 0.2) is 5.78 Å². The molecule has 0 spiro atoms. The predicted molar refractivity (Wildman–Crippen MR) is 52.9 cm³/mol. The van der Waals surface area contributed by atoms with Gasteiger partial charge in [-0.2, -0.15) is 0 Å². The Kier molecular flexibility index (Phi) is 1.83. The fourth-order valence-corrected chi connectivity index (χ4v) is 1.81. The highest BCUT2D eigenvalue weighted by molar-refractivity contribution is 5.99. The van der Waals surface area contributed by atoms with Crippen LogP contribution in [0.5, 0.6) is 0 Å². The highest BCUT2D eigenvalue weighted by Gasteiger charge is 2.17. The van der Waals surface area contributed by atoms with Gasteiger partial charge in [-0.15, -0.1) is 0 Å². The summed E-state index contributed by atoms with van der Waals surface area (Å²) in [5, 5.41) is 0. The van der Waals surface area contributed by atoms with Crippen molar-refractivity contribution in [2.24, 2.45) is 0 Å². The van der Waals surface area contributed by atoms with Crippen LogP contribution < -0.4 is 5.73 Å². The van der Waals surface area contributed by atoms with E-state index in [4.69, 9.17) is 5.73 Å². The van der Waals surface area contributed by atoms with Crippen molar-refractivity contribution >= 4 is 11.5 Å². The molecule has 1 aliphatic carbocycles. The van der Waals surface area contributed by atoms with Crippen molar-refractivity contribution in [2.45, 2.75) is 26.2 Å². The maximum absolute atomic E-state index is 11.5. The van der Waals surface area contributed by atoms with Gasteiger partial charge in [-0.05, 0) is 43.0 Å². The Morgan fingerprint density at radius 2 is 2.08 bits per heavy atom. The van der Waals surface area contributed by atoms with E-state index in [2.05, 4.69) is 0 Å². The van der Waals surface area contributed by atoms with Crippen LogP contribution in [-0.4, -0.2) is 5.78 Å². The monoisotopic (exact) mass is 175 g/mol. The number of fused-ring (bicyclic) bond motifs is 1. The molecule has 2 rings (SSSR count). The summed E-state index contributed by atoms with van der Waals surface area (Å²) in [6, 6.07) is 3.87. The van der Waals surface area contributed by atoms with Gasteiger partial charge in [0.05, 0.1) is 0 Å². The van der Waals surface area contributed by atoms with Crippen LogP contribution in [0.3, 0.4) is 0 Å². The quantitative estimate of drug-likeness (QED) is 0.613. The van der Waals surface area contributed by atoms with Gasteiger partial charge < -0.3 is 5.73 Å². The fraction of sp³-hybridized carbons (Fsp3) is 0.364. The number of benzene rings is 1. The van der Waals surface area contributed by atoms with Crippen LogP contribution in [0.2, 0.25) is 0 Å². The van der Waals surface area contributed by atoms with Crippen LogP contribution in [0.25, 0.3) is 0 Å². The molecule has 0 radical (unpaired) electrons. The third kappa shape index (κ3) is 1.32. The van der Waals surface area contributed by atoms with Gasteiger partial charge >= 0.3 is 0 Å². The largest absolute Gasteiger partial charge is 0.399 e. The summed E-state index contributed by atoms with van der Waals surface area (Å²) in [5.74, 6) is 0.268. The molecule has 0 amide bonds. The first kappa shape index (κ1) is 8.30. The molecule has 2 heteroatoms. The molecule has 0 fully saturated rings. The number of rotatable bonds is 0. The van der Waals surface area contributed by atoms with E-state index >= 15 is 0 Å². The number of hydrogen-bond donors (Lipinski definition) is 1. The molecule has 68 valence electrons. The van der Waals surface area contributed by atoms with Crippen molar-refractivity contribution in [1.82, 2.24) is 0 Å². The van der Waals surface area contributed by atoms with Gasteiger partial charge in [-0.25, -0.2) is 0 Å². The van der Waals surface area contributed by atoms with Crippen molar-refractivity contribution in [3.63, 3.8) is 0 Å². The van der Waals surface area contributed by atoms with E-state index in [-0.39, 0.29) is 5.78 Å². The molecule has 2 N–H and O–H groups in total. The van der Waals surface area contributed by atoms with Crippen molar-refractivity contribution in [3.05, 3.63) is 28.8 Å². The van der Waals surface area contributed by atoms with Gasteiger partial charge in [0, 0.05) is 17.7 Å². The Bertz CT molecular complexity index is 369. The number of hydrogen-bond acceptors (Lipinski definition) is 2. The molecule has 0 unspecified atom stereocenters. The maximum atomic E-state index is 11.5. The van der Waals surface area contributed by atoms with Crippen molar-refractivity contribution in [2.75, 3.05) is 5.73 Å². The topological polar surface area (TPSA) is 43.1 Å². The van der Waals surface area contributed by atoms with Gasteiger partial charge in [0.25, 0.3) is 0 Å². The maximum Gasteiger partial charge on any atom is 0.163 e. The molecule has 0 aromatic heterocycles. The van der Waals surface area contributed by atoms with Gasteiger partial charge in [-0.1, -0.05) is 0 Å². The molecular formula is C11H13NO. The second kappa shape index (κ2) is 2.87. The predicted octanol–water partition coefficient (Wildman–Crippen LogP) is 2.10. The molecular weight excluding hydrogens is 162 g/mol. The minimum atomic E-state index is 0.268. The third-order valence-corrected chi connectivity index (χ3v) is 2.64. The number of carbonyl (C=O) groups is 1. The normalized spacial score (nSPS) is 15.6. The second-order valence-corrected chi connectivity index (χ2v) is 3.64. The Hall–Kier alpha value is -1.31. The van der Waals surface area contributed by atoms with Crippen LogP contribution in [0.15, 0.2) is 12.1 Å². The minimum absolute atomic E-state index is 0.268. The SMILES string of the molecule is Cc1cc2c(cc1N)CCCC2=O. The van der Waals surface area contributed by atoms with E-state index in [0.29, 0.717) is 6.42 Å². The molecule has 0 atom stereocenters. The first-order valence-electron chi connectivity index (χ1n) is 4.60. The molecule has 1 aromatic rings. The first-order valence-corrected chi connectivity index (χ1v) is 4.60. The zero-order valence-corrected chi connectivity index (χ0v) is 7.76. The Labute approximate surface area is 77.8 Å². The average Bonchev–Trinajstić information content (AvgIpc) is 2.09. The summed E-state index contributed by atoms with van der Waals surface area (Å²) in [6.07, 6.45) is 2.65. The fourth-order valence-electron chi connectivity index (χ4n) is 1.81. The second-order valence-electron chi connectivity index (χ2n) is 3.64. The summed E-state index contributed by atoms with van der Waals surface area (Å²) in [4.78, 5) is 11.5. The van der Waals surface area contributed by atoms with Crippen molar-refractivity contribution < 1.29 is 4.79 Å². The smallest absolute Gasteiger partial charge is 0.163 e. The number of aryl methyl sites for hydroxylation is 2. The molecule has 1 aromatic carbocycles. The van der Waals surface area contributed by atoms with Crippen molar-refractivity contribution in [3.8, 4) is 0 Å². The Balaban J connectivity index is 2.58. The van der Waals surface area contributed by atoms with E-state index in [9.17, 15) is 4.79 Å². The number of Topliss-reactive ketones (excluding diaryl/α,β-unsaturated/α-hetero) is 1. The van der Waals surface area contributed by atoms with Gasteiger partial charge in [0.1, 0.15) is 0 Å². The molecule has 0 bridgehead atoms. The van der Waals surface area contributed by atoms with E-state index < -0.39 is 0 Å². The van der Waals surface area contributed by atoms with Gasteiger partial charge in [-0.3, -0.25) is 4.79 Å². The van der Waals surface area contributed by atoms with Gasteiger partial charge in [0.2, 0.25) is 0 Å². The molecule has 1 aliphatic rings. The highest BCUT2D eigenvalue weighted by atomic mass is 16.1. The number of carbonyl (C=O) groups excluding carboxylic acids is 1. The lowest BCUT2D eigenvalue weighted by atomic mass is 9.89. The average molecular weight is 175 g/mol. The van der Waals surface area contributed by atoms with E-state index in [1.807, 2.05) is 19.1 Å². The lowest BCUT2D eigenvalue weighted by Gasteiger charge is -2.16. The van der Waals surface area contributed by atoms with Crippen LogP contribution in [-0.2, 0) is 6.42 Å². The molecule has 0 heterocycles. The van der Waals surface area contributed by atoms with Crippen LogP contribution >= 0.6 is 0 Å². The highest BCUT2D eigenvalue weighted by Crippen LogP contribution is 2.25. The summed E-state index contributed by atoms with van der Waals surface area (Å²) in [5.41, 5.74) is 9.60. The summed E-state index contributed by atoms with van der Waals surface area (Å²) in [7, 11) is 0. The van der Waals surface area contributed by atoms with Crippen molar-refractivity contribution in [1.29, 1.82) is 0 Å². The molecule has 0 saturated heterocycles. The zero-order chi connectivity index (χ0) is 9.42. The molecule has 13 heavy (non-hydrogen) atoms. The first-order chi connectivity index (χ1) is 6.18. The third-order valence-electron chi connectivity index (χ3n) is 2.64. The Morgan fingerprint density at radius 1 is 1.31 bits per heavy atom. The zero-order valence-electron chi connectivity index (χ0n) is 7.76. The molecule has 0 saturated carbocycles. The summed E-state index contributed by atoms with van der Waals surface area (Å²) in [6.45, 7) is 1.94.